The summed E-state index contributed by atoms with van der Waals surface area (Å²) in [7, 11) is 0. The summed E-state index contributed by atoms with van der Waals surface area (Å²) in [6.07, 6.45) is 0.166. The minimum absolute atomic E-state index is 0.416. The molecule has 2 rings (SSSR count). The topological polar surface area (TPSA) is 70.2 Å². The molecule has 1 atom stereocenters. The van der Waals surface area contributed by atoms with Crippen molar-refractivity contribution in [3.05, 3.63) is 52.6 Å². The number of aromatic nitrogens is 2. The zero-order valence-electron chi connectivity index (χ0n) is 12.2. The van der Waals surface area contributed by atoms with Crippen LogP contribution in [0.5, 0.6) is 5.75 Å². The standard InChI is InChI=1S/C14H14F3N3O3/c1-10(4-6-19-7-5-18-9-19)23-13-3-2-11(20(21)22)8-12(13)14(15,16)17/h2-3,5,7-10H,4,6H2,1H3. The lowest BCUT2D eigenvalue weighted by Gasteiger charge is -2.18. The van der Waals surface area contributed by atoms with Crippen molar-refractivity contribution in [1.29, 1.82) is 0 Å². The van der Waals surface area contributed by atoms with Crippen molar-refractivity contribution in [2.45, 2.75) is 32.2 Å². The molecular weight excluding hydrogens is 315 g/mol. The summed E-state index contributed by atoms with van der Waals surface area (Å²) >= 11 is 0. The number of nitrogens with zero attached hydrogens (tertiary/aromatic N) is 3. The molecule has 6 nitrogen and oxygen atoms in total. The smallest absolute Gasteiger partial charge is 0.420 e. The van der Waals surface area contributed by atoms with Crippen LogP contribution >= 0.6 is 0 Å². The first-order valence-electron chi connectivity index (χ1n) is 6.75. The van der Waals surface area contributed by atoms with Gasteiger partial charge in [0, 0.05) is 37.5 Å². The molecule has 0 amide bonds. The lowest BCUT2D eigenvalue weighted by atomic mass is 10.1. The van der Waals surface area contributed by atoms with Crippen molar-refractivity contribution in [3.63, 3.8) is 0 Å². The second-order valence-electron chi connectivity index (χ2n) is 4.95. The van der Waals surface area contributed by atoms with Gasteiger partial charge in [0.15, 0.2) is 0 Å². The summed E-state index contributed by atoms with van der Waals surface area (Å²) < 4.78 is 46.2. The fraction of sp³-hybridized carbons (Fsp3) is 0.357. The largest absolute Gasteiger partial charge is 0.490 e. The van der Waals surface area contributed by atoms with E-state index in [0.29, 0.717) is 19.0 Å². The quantitative estimate of drug-likeness (QED) is 0.599. The van der Waals surface area contributed by atoms with Gasteiger partial charge in [-0.05, 0) is 13.0 Å². The molecule has 124 valence electrons. The van der Waals surface area contributed by atoms with Gasteiger partial charge in [0.2, 0.25) is 0 Å². The third kappa shape index (κ3) is 4.44. The summed E-state index contributed by atoms with van der Waals surface area (Å²) in [6, 6.07) is 2.46. The van der Waals surface area contributed by atoms with E-state index in [1.807, 2.05) is 0 Å². The van der Waals surface area contributed by atoms with Gasteiger partial charge in [-0.15, -0.1) is 0 Å². The Morgan fingerprint density at radius 2 is 2.17 bits per heavy atom. The number of ether oxygens (including phenoxy) is 1. The molecule has 1 aromatic carbocycles. The Kier molecular flexibility index (Phi) is 4.87. The molecule has 9 heteroatoms. The predicted molar refractivity (Wildman–Crippen MR) is 75.0 cm³/mol. The molecule has 0 bridgehead atoms. The van der Waals surface area contributed by atoms with E-state index in [4.69, 9.17) is 4.74 Å². The van der Waals surface area contributed by atoms with Crippen molar-refractivity contribution >= 4 is 5.69 Å². The monoisotopic (exact) mass is 329 g/mol. The van der Waals surface area contributed by atoms with E-state index in [9.17, 15) is 23.3 Å². The normalized spacial score (nSPS) is 12.9. The number of nitro groups is 1. The van der Waals surface area contributed by atoms with Gasteiger partial charge >= 0.3 is 6.18 Å². The van der Waals surface area contributed by atoms with E-state index in [1.165, 1.54) is 0 Å². The maximum absolute atomic E-state index is 13.0. The van der Waals surface area contributed by atoms with E-state index in [2.05, 4.69) is 4.98 Å². The van der Waals surface area contributed by atoms with Crippen molar-refractivity contribution in [2.24, 2.45) is 0 Å². The number of benzene rings is 1. The summed E-state index contributed by atoms with van der Waals surface area (Å²) in [5.74, 6) is -0.416. The molecule has 0 aliphatic carbocycles. The number of hydrogen-bond donors (Lipinski definition) is 0. The SMILES string of the molecule is CC(CCn1ccnc1)Oc1ccc([N+](=O)[O-])cc1C(F)(F)F. The highest BCUT2D eigenvalue weighted by Gasteiger charge is 2.36. The van der Waals surface area contributed by atoms with Crippen LogP contribution in [0.3, 0.4) is 0 Å². The number of halogens is 3. The first-order valence-corrected chi connectivity index (χ1v) is 6.75. The zero-order valence-corrected chi connectivity index (χ0v) is 12.2. The van der Waals surface area contributed by atoms with Crippen LogP contribution in [0.15, 0.2) is 36.9 Å². The molecule has 2 aromatic rings. The number of imidazole rings is 1. The molecule has 1 unspecified atom stereocenters. The molecule has 1 aromatic heterocycles. The second-order valence-corrected chi connectivity index (χ2v) is 4.95. The minimum atomic E-state index is -4.73. The molecule has 0 N–H and O–H groups in total. The Morgan fingerprint density at radius 3 is 2.74 bits per heavy atom. The van der Waals surface area contributed by atoms with Crippen LogP contribution in [0.1, 0.15) is 18.9 Å². The number of aryl methyl sites for hydroxylation is 1. The Labute approximate surface area is 129 Å². The molecule has 23 heavy (non-hydrogen) atoms. The van der Waals surface area contributed by atoms with Crippen LogP contribution in [0.25, 0.3) is 0 Å². The van der Waals surface area contributed by atoms with Crippen LogP contribution in [0.2, 0.25) is 0 Å². The molecule has 0 saturated carbocycles. The van der Waals surface area contributed by atoms with Crippen molar-refractivity contribution in [3.8, 4) is 5.75 Å². The van der Waals surface area contributed by atoms with Gasteiger partial charge in [-0.2, -0.15) is 13.2 Å². The van der Waals surface area contributed by atoms with E-state index in [0.717, 1.165) is 12.1 Å². The maximum atomic E-state index is 13.0. The number of non-ortho nitro benzene ring substituents is 1. The fourth-order valence-electron chi connectivity index (χ4n) is 1.98. The average molecular weight is 329 g/mol. The van der Waals surface area contributed by atoms with Gasteiger partial charge in [0.1, 0.15) is 11.3 Å². The molecule has 0 radical (unpaired) electrons. The Bertz CT molecular complexity index is 672. The lowest BCUT2D eigenvalue weighted by Crippen LogP contribution is -2.17. The number of hydrogen-bond acceptors (Lipinski definition) is 4. The second kappa shape index (κ2) is 6.67. The van der Waals surface area contributed by atoms with Crippen LogP contribution in [0.4, 0.5) is 18.9 Å². The average Bonchev–Trinajstić information content (AvgIpc) is 2.97. The van der Waals surface area contributed by atoms with Gasteiger partial charge in [-0.3, -0.25) is 10.1 Å². The third-order valence-electron chi connectivity index (χ3n) is 3.16. The van der Waals surface area contributed by atoms with E-state index < -0.39 is 34.2 Å². The highest BCUT2D eigenvalue weighted by atomic mass is 19.4. The van der Waals surface area contributed by atoms with Crippen LogP contribution in [-0.4, -0.2) is 20.6 Å². The molecule has 0 saturated heterocycles. The van der Waals surface area contributed by atoms with E-state index in [1.54, 1.807) is 30.2 Å². The maximum Gasteiger partial charge on any atom is 0.420 e. The van der Waals surface area contributed by atoms with Gasteiger partial charge in [-0.1, -0.05) is 0 Å². The first-order chi connectivity index (χ1) is 10.8. The molecular formula is C14H14F3N3O3. The van der Waals surface area contributed by atoms with Crippen LogP contribution < -0.4 is 4.74 Å². The molecule has 0 spiro atoms. The van der Waals surface area contributed by atoms with E-state index >= 15 is 0 Å². The molecule has 1 heterocycles. The van der Waals surface area contributed by atoms with E-state index in [-0.39, 0.29) is 0 Å². The fourth-order valence-corrected chi connectivity index (χ4v) is 1.98. The summed E-state index contributed by atoms with van der Waals surface area (Å²) in [5.41, 5.74) is -1.78. The third-order valence-corrected chi connectivity index (χ3v) is 3.16. The van der Waals surface area contributed by atoms with Gasteiger partial charge in [-0.25, -0.2) is 4.98 Å². The predicted octanol–water partition coefficient (Wildman–Crippen LogP) is 3.67. The molecule has 0 aliphatic rings. The lowest BCUT2D eigenvalue weighted by molar-refractivity contribution is -0.385. The van der Waals surface area contributed by atoms with Crippen LogP contribution in [0, 0.1) is 10.1 Å². The number of alkyl halides is 3. The van der Waals surface area contributed by atoms with Crippen molar-refractivity contribution < 1.29 is 22.8 Å². The Hall–Kier alpha value is -2.58. The van der Waals surface area contributed by atoms with Crippen LogP contribution in [-0.2, 0) is 12.7 Å². The summed E-state index contributed by atoms with van der Waals surface area (Å²) in [5, 5.41) is 10.6. The van der Waals surface area contributed by atoms with Gasteiger partial charge in [0.25, 0.3) is 5.69 Å². The zero-order chi connectivity index (χ0) is 17.0. The summed E-state index contributed by atoms with van der Waals surface area (Å²) in [4.78, 5) is 13.6. The highest BCUT2D eigenvalue weighted by Crippen LogP contribution is 2.38. The minimum Gasteiger partial charge on any atom is -0.490 e. The van der Waals surface area contributed by atoms with Gasteiger partial charge < -0.3 is 9.30 Å². The number of nitro benzene ring substituents is 1. The van der Waals surface area contributed by atoms with Gasteiger partial charge in [0.05, 0.1) is 17.4 Å². The first kappa shape index (κ1) is 16.8. The Morgan fingerprint density at radius 1 is 1.43 bits per heavy atom. The van der Waals surface area contributed by atoms with Crippen molar-refractivity contribution in [2.75, 3.05) is 0 Å². The molecule has 0 fully saturated rings. The Balaban J connectivity index is 2.13. The molecule has 0 aliphatic heterocycles. The number of rotatable bonds is 6. The summed E-state index contributed by atoms with van der Waals surface area (Å²) in [6.45, 7) is 2.17. The highest BCUT2D eigenvalue weighted by molar-refractivity contribution is 5.45. The van der Waals surface area contributed by atoms with Crippen molar-refractivity contribution in [1.82, 2.24) is 9.55 Å².